The Balaban J connectivity index is 0.00000280. The van der Waals surface area contributed by atoms with Crippen LogP contribution in [0.4, 0.5) is 10.1 Å². The number of hydrogen-bond acceptors (Lipinski definition) is 4. The molecular weight excluding hydrogens is 385 g/mol. The number of rotatable bonds is 8. The van der Waals surface area contributed by atoms with Crippen LogP contribution < -0.4 is 21.1 Å². The van der Waals surface area contributed by atoms with E-state index >= 15 is 0 Å². The summed E-state index contributed by atoms with van der Waals surface area (Å²) in [5.74, 6) is -0.627. The van der Waals surface area contributed by atoms with E-state index in [0.29, 0.717) is 18.0 Å². The van der Waals surface area contributed by atoms with Crippen molar-refractivity contribution in [3.8, 4) is 5.75 Å². The summed E-state index contributed by atoms with van der Waals surface area (Å²) >= 11 is 0. The topological polar surface area (TPSA) is 93.4 Å². The summed E-state index contributed by atoms with van der Waals surface area (Å²) in [6.45, 7) is 0.0338. The smallest absolute Gasteiger partial charge is 0.262 e. The number of carbonyl (C=O) groups excluding carboxylic acids is 2. The van der Waals surface area contributed by atoms with Gasteiger partial charge in [0.2, 0.25) is 0 Å². The Hall–Kier alpha value is -2.64. The number of hydrogen-bond donors (Lipinski definition) is 3. The van der Waals surface area contributed by atoms with Gasteiger partial charge in [0.15, 0.2) is 6.61 Å². The van der Waals surface area contributed by atoms with E-state index in [1.54, 1.807) is 30.3 Å². The molecule has 8 heteroatoms. The molecular formula is C20H23ClFN3O3. The van der Waals surface area contributed by atoms with Gasteiger partial charge in [-0.2, -0.15) is 0 Å². The summed E-state index contributed by atoms with van der Waals surface area (Å²) in [6.07, 6.45) is 2.13. The Morgan fingerprint density at radius 3 is 2.50 bits per heavy atom. The van der Waals surface area contributed by atoms with Crippen LogP contribution >= 0.6 is 12.4 Å². The third kappa shape index (κ3) is 5.68. The van der Waals surface area contributed by atoms with Crippen molar-refractivity contribution in [1.29, 1.82) is 0 Å². The zero-order valence-corrected chi connectivity index (χ0v) is 16.0. The predicted octanol–water partition coefficient (Wildman–Crippen LogP) is 2.73. The van der Waals surface area contributed by atoms with Gasteiger partial charge in [0.1, 0.15) is 11.6 Å². The quantitative estimate of drug-likeness (QED) is 0.627. The summed E-state index contributed by atoms with van der Waals surface area (Å²) in [5, 5.41) is 5.36. The second kappa shape index (κ2) is 10.1. The van der Waals surface area contributed by atoms with Gasteiger partial charge < -0.3 is 21.1 Å². The molecule has 0 radical (unpaired) electrons. The lowest BCUT2D eigenvalue weighted by Crippen LogP contribution is -2.41. The highest BCUT2D eigenvalue weighted by atomic mass is 35.5. The maximum absolute atomic E-state index is 13.6. The molecule has 1 aliphatic carbocycles. The molecule has 1 atom stereocenters. The molecule has 2 aromatic rings. The maximum Gasteiger partial charge on any atom is 0.262 e. The van der Waals surface area contributed by atoms with Gasteiger partial charge in [-0.3, -0.25) is 9.59 Å². The number of anilines is 1. The van der Waals surface area contributed by atoms with Crippen LogP contribution in [-0.4, -0.2) is 31.0 Å². The Kier molecular flexibility index (Phi) is 7.78. The van der Waals surface area contributed by atoms with Crippen LogP contribution in [-0.2, 0) is 4.79 Å². The highest BCUT2D eigenvalue weighted by Gasteiger charge is 2.31. The zero-order chi connectivity index (χ0) is 19.2. The molecule has 0 saturated heterocycles. The lowest BCUT2D eigenvalue weighted by Gasteiger charge is -2.17. The first-order chi connectivity index (χ1) is 13.1. The molecule has 1 unspecified atom stereocenters. The van der Waals surface area contributed by atoms with E-state index in [1.807, 2.05) is 0 Å². The van der Waals surface area contributed by atoms with Crippen LogP contribution in [0.25, 0.3) is 0 Å². The van der Waals surface area contributed by atoms with Crippen LogP contribution in [0, 0.1) is 11.7 Å². The molecule has 1 saturated carbocycles. The summed E-state index contributed by atoms with van der Waals surface area (Å²) in [5.41, 5.74) is 6.14. The minimum atomic E-state index is -0.529. The molecule has 0 aromatic heterocycles. The molecule has 0 heterocycles. The van der Waals surface area contributed by atoms with Gasteiger partial charge in [-0.25, -0.2) is 4.39 Å². The Labute approximate surface area is 169 Å². The molecule has 0 aliphatic heterocycles. The summed E-state index contributed by atoms with van der Waals surface area (Å²) in [7, 11) is 0. The SMILES string of the molecule is Cl.NCC(NC(=O)c1ccccc1OCC(=O)Nc1ccccc1F)C1CC1. The van der Waals surface area contributed by atoms with Gasteiger partial charge in [-0.05, 0) is 43.0 Å². The summed E-state index contributed by atoms with van der Waals surface area (Å²) in [6, 6.07) is 12.5. The lowest BCUT2D eigenvalue weighted by atomic mass is 10.1. The Morgan fingerprint density at radius 1 is 1.14 bits per heavy atom. The number of amides is 2. The van der Waals surface area contributed by atoms with E-state index in [-0.39, 0.29) is 42.4 Å². The van der Waals surface area contributed by atoms with Crippen molar-refractivity contribution in [1.82, 2.24) is 5.32 Å². The second-order valence-corrected chi connectivity index (χ2v) is 6.47. The van der Waals surface area contributed by atoms with Crippen LogP contribution in [0.15, 0.2) is 48.5 Å². The van der Waals surface area contributed by atoms with Crippen molar-refractivity contribution in [2.45, 2.75) is 18.9 Å². The minimum absolute atomic E-state index is 0. The summed E-state index contributed by atoms with van der Waals surface area (Å²) < 4.78 is 19.1. The normalized spacial score (nSPS) is 13.8. The fourth-order valence-corrected chi connectivity index (χ4v) is 2.79. The largest absolute Gasteiger partial charge is 0.483 e. The highest BCUT2D eigenvalue weighted by molar-refractivity contribution is 5.97. The maximum atomic E-state index is 13.6. The Morgan fingerprint density at radius 2 is 1.82 bits per heavy atom. The number of halogens is 2. The molecule has 0 spiro atoms. The minimum Gasteiger partial charge on any atom is -0.483 e. The van der Waals surface area contributed by atoms with Gasteiger partial charge in [0.25, 0.3) is 11.8 Å². The molecule has 1 aliphatic rings. The van der Waals surface area contributed by atoms with Crippen molar-refractivity contribution in [3.63, 3.8) is 0 Å². The first-order valence-electron chi connectivity index (χ1n) is 8.85. The number of carbonyl (C=O) groups is 2. The average molecular weight is 408 g/mol. The highest BCUT2D eigenvalue weighted by Crippen LogP contribution is 2.32. The first kappa shape index (κ1) is 21.7. The van der Waals surface area contributed by atoms with Crippen LogP contribution in [0.1, 0.15) is 23.2 Å². The monoisotopic (exact) mass is 407 g/mol. The van der Waals surface area contributed by atoms with Gasteiger partial charge in [0, 0.05) is 12.6 Å². The van der Waals surface area contributed by atoms with Gasteiger partial charge in [-0.1, -0.05) is 24.3 Å². The number of nitrogens with one attached hydrogen (secondary N) is 2. The van der Waals surface area contributed by atoms with Crippen LogP contribution in [0.2, 0.25) is 0 Å². The van der Waals surface area contributed by atoms with Crippen LogP contribution in [0.3, 0.4) is 0 Å². The lowest BCUT2D eigenvalue weighted by molar-refractivity contribution is -0.118. The van der Waals surface area contributed by atoms with Crippen molar-refractivity contribution in [3.05, 3.63) is 59.9 Å². The van der Waals surface area contributed by atoms with E-state index in [4.69, 9.17) is 10.5 Å². The van der Waals surface area contributed by atoms with Gasteiger partial charge in [-0.15, -0.1) is 12.4 Å². The fraction of sp³-hybridized carbons (Fsp3) is 0.300. The second-order valence-electron chi connectivity index (χ2n) is 6.47. The van der Waals surface area contributed by atoms with E-state index in [1.165, 1.54) is 18.2 Å². The van der Waals surface area contributed by atoms with E-state index in [9.17, 15) is 14.0 Å². The predicted molar refractivity (Wildman–Crippen MR) is 107 cm³/mol. The average Bonchev–Trinajstić information content (AvgIpc) is 3.51. The van der Waals surface area contributed by atoms with E-state index in [0.717, 1.165) is 12.8 Å². The molecule has 2 amide bonds. The summed E-state index contributed by atoms with van der Waals surface area (Å²) in [4.78, 5) is 24.6. The van der Waals surface area contributed by atoms with Gasteiger partial charge >= 0.3 is 0 Å². The Bertz CT molecular complexity index is 830. The molecule has 1 fully saturated rings. The molecule has 4 N–H and O–H groups in total. The first-order valence-corrected chi connectivity index (χ1v) is 8.85. The number of para-hydroxylation sites is 2. The zero-order valence-electron chi connectivity index (χ0n) is 15.2. The molecule has 28 heavy (non-hydrogen) atoms. The van der Waals surface area contributed by atoms with E-state index < -0.39 is 11.7 Å². The number of benzene rings is 2. The fourth-order valence-electron chi connectivity index (χ4n) is 2.79. The third-order valence-corrected chi connectivity index (χ3v) is 4.40. The molecule has 0 bridgehead atoms. The van der Waals surface area contributed by atoms with Gasteiger partial charge in [0.05, 0.1) is 11.3 Å². The number of nitrogens with two attached hydrogens (primary N) is 1. The van der Waals surface area contributed by atoms with Crippen LogP contribution in [0.5, 0.6) is 5.75 Å². The van der Waals surface area contributed by atoms with Crippen molar-refractivity contribution >= 4 is 29.9 Å². The molecule has 3 rings (SSSR count). The van der Waals surface area contributed by atoms with Crippen molar-refractivity contribution in [2.75, 3.05) is 18.5 Å². The van der Waals surface area contributed by atoms with E-state index in [2.05, 4.69) is 10.6 Å². The van der Waals surface area contributed by atoms with Crippen molar-refractivity contribution < 1.29 is 18.7 Å². The molecule has 150 valence electrons. The molecule has 2 aromatic carbocycles. The number of ether oxygens (including phenoxy) is 1. The third-order valence-electron chi connectivity index (χ3n) is 4.40. The molecule has 6 nitrogen and oxygen atoms in total. The van der Waals surface area contributed by atoms with Crippen molar-refractivity contribution in [2.24, 2.45) is 11.7 Å². The standard InChI is InChI=1S/C20H22FN3O3.ClH/c21-15-6-2-3-7-16(15)23-19(25)12-27-18-8-4-1-5-14(18)20(26)24-17(11-22)13-9-10-13;/h1-8,13,17H,9-12,22H2,(H,23,25)(H,24,26);1H.